The Morgan fingerprint density at radius 1 is 1.24 bits per heavy atom. The quantitative estimate of drug-likeness (QED) is 0.802. The van der Waals surface area contributed by atoms with Gasteiger partial charge in [0.25, 0.3) is 0 Å². The van der Waals surface area contributed by atoms with Gasteiger partial charge < -0.3 is 14.2 Å². The number of amides is 2. The molecule has 1 aromatic rings. The minimum atomic E-state index is -4.48. The van der Waals surface area contributed by atoms with Gasteiger partial charge in [0.2, 0.25) is 11.8 Å². The van der Waals surface area contributed by atoms with E-state index >= 15 is 0 Å². The summed E-state index contributed by atoms with van der Waals surface area (Å²) in [5.74, 6) is -0.342. The van der Waals surface area contributed by atoms with Gasteiger partial charge in [-0.3, -0.25) is 14.5 Å². The van der Waals surface area contributed by atoms with Gasteiger partial charge in [-0.1, -0.05) is 0 Å². The van der Waals surface area contributed by atoms with Crippen LogP contribution in [0.4, 0.5) is 13.2 Å². The molecule has 25 heavy (non-hydrogen) atoms. The normalized spacial score (nSPS) is 16.6. The van der Waals surface area contributed by atoms with Gasteiger partial charge in [0.15, 0.2) is 0 Å². The highest BCUT2D eigenvalue weighted by Gasteiger charge is 2.34. The molecule has 0 unspecified atom stereocenters. The summed E-state index contributed by atoms with van der Waals surface area (Å²) in [5, 5.41) is 0. The number of nitrogens with zero attached hydrogens (tertiary/aromatic N) is 3. The van der Waals surface area contributed by atoms with Crippen molar-refractivity contribution in [3.05, 3.63) is 24.2 Å². The molecular weight excluding hydrogens is 339 g/mol. The maximum atomic E-state index is 12.8. The van der Waals surface area contributed by atoms with E-state index in [4.69, 9.17) is 4.42 Å². The molecule has 0 spiro atoms. The average Bonchev–Trinajstić information content (AvgIpc) is 2.89. The molecule has 0 atom stereocenters. The van der Waals surface area contributed by atoms with Crippen LogP contribution in [-0.2, 0) is 16.1 Å². The average molecular weight is 361 g/mol. The Balaban J connectivity index is 1.97. The highest BCUT2D eigenvalue weighted by Crippen LogP contribution is 2.19. The van der Waals surface area contributed by atoms with Crippen LogP contribution in [0.15, 0.2) is 22.8 Å². The van der Waals surface area contributed by atoms with Gasteiger partial charge in [-0.15, -0.1) is 0 Å². The second-order valence-corrected chi connectivity index (χ2v) is 6.08. The zero-order chi connectivity index (χ0) is 18.4. The molecule has 0 radical (unpaired) electrons. The van der Waals surface area contributed by atoms with Gasteiger partial charge in [-0.05, 0) is 18.6 Å². The second-order valence-electron chi connectivity index (χ2n) is 6.08. The molecule has 1 aliphatic rings. The van der Waals surface area contributed by atoms with E-state index in [0.717, 1.165) is 4.90 Å². The standard InChI is InChI=1S/C16H22F3N3O3/c1-13(23)21-6-3-5-20(7-8-21)11-15(24)22(12-16(17,18)19)10-14-4-2-9-25-14/h2,4,9H,3,5-8,10-12H2,1H3. The van der Waals surface area contributed by atoms with Gasteiger partial charge in [0.05, 0.1) is 19.4 Å². The first kappa shape index (κ1) is 19.3. The number of hydrogen-bond acceptors (Lipinski definition) is 4. The van der Waals surface area contributed by atoms with E-state index in [1.807, 2.05) is 0 Å². The molecule has 0 saturated carbocycles. The Labute approximate surface area is 144 Å². The summed E-state index contributed by atoms with van der Waals surface area (Å²) in [6.07, 6.45) is -2.44. The molecule has 1 fully saturated rings. The fourth-order valence-corrected chi connectivity index (χ4v) is 2.77. The van der Waals surface area contributed by atoms with Crippen LogP contribution in [-0.4, -0.2) is 72.0 Å². The van der Waals surface area contributed by atoms with Crippen molar-refractivity contribution in [3.8, 4) is 0 Å². The summed E-state index contributed by atoms with van der Waals surface area (Å²) in [4.78, 5) is 28.1. The molecular formula is C16H22F3N3O3. The zero-order valence-electron chi connectivity index (χ0n) is 14.1. The molecule has 140 valence electrons. The molecule has 1 aliphatic heterocycles. The topological polar surface area (TPSA) is 57.0 Å². The van der Waals surface area contributed by atoms with Crippen molar-refractivity contribution < 1.29 is 27.2 Å². The third-order valence-electron chi connectivity index (χ3n) is 4.04. The lowest BCUT2D eigenvalue weighted by molar-refractivity contribution is -0.163. The van der Waals surface area contributed by atoms with Crippen molar-refractivity contribution >= 4 is 11.8 Å². The van der Waals surface area contributed by atoms with Crippen LogP contribution in [0.2, 0.25) is 0 Å². The molecule has 1 aromatic heterocycles. The van der Waals surface area contributed by atoms with Gasteiger partial charge in [-0.2, -0.15) is 13.2 Å². The third-order valence-corrected chi connectivity index (χ3v) is 4.04. The molecule has 2 heterocycles. The molecule has 0 N–H and O–H groups in total. The lowest BCUT2D eigenvalue weighted by Gasteiger charge is -2.27. The number of carbonyl (C=O) groups excluding carboxylic acids is 2. The van der Waals surface area contributed by atoms with Crippen LogP contribution >= 0.6 is 0 Å². The van der Waals surface area contributed by atoms with Crippen molar-refractivity contribution in [1.29, 1.82) is 0 Å². The van der Waals surface area contributed by atoms with E-state index < -0.39 is 18.6 Å². The molecule has 9 heteroatoms. The first-order valence-electron chi connectivity index (χ1n) is 8.09. The highest BCUT2D eigenvalue weighted by molar-refractivity contribution is 5.78. The Kier molecular flexibility index (Phi) is 6.46. The number of rotatable bonds is 5. The van der Waals surface area contributed by atoms with Crippen LogP contribution in [0.3, 0.4) is 0 Å². The van der Waals surface area contributed by atoms with Crippen LogP contribution in [0.1, 0.15) is 19.1 Å². The Hall–Kier alpha value is -2.03. The van der Waals surface area contributed by atoms with Crippen LogP contribution in [0.5, 0.6) is 0 Å². The number of alkyl halides is 3. The summed E-state index contributed by atoms with van der Waals surface area (Å²) in [5.41, 5.74) is 0. The van der Waals surface area contributed by atoms with Crippen molar-refractivity contribution in [3.63, 3.8) is 0 Å². The third kappa shape index (κ3) is 6.41. The van der Waals surface area contributed by atoms with Crippen molar-refractivity contribution in [2.24, 2.45) is 0 Å². The number of carbonyl (C=O) groups is 2. The lowest BCUT2D eigenvalue weighted by Crippen LogP contribution is -2.45. The molecule has 0 aliphatic carbocycles. The summed E-state index contributed by atoms with van der Waals surface area (Å²) in [7, 11) is 0. The zero-order valence-corrected chi connectivity index (χ0v) is 14.1. The Morgan fingerprint density at radius 3 is 2.60 bits per heavy atom. The van der Waals surface area contributed by atoms with E-state index in [-0.39, 0.29) is 19.0 Å². The maximum absolute atomic E-state index is 12.8. The van der Waals surface area contributed by atoms with Gasteiger partial charge in [0, 0.05) is 33.1 Å². The summed E-state index contributed by atoms with van der Waals surface area (Å²) >= 11 is 0. The van der Waals surface area contributed by atoms with Gasteiger partial charge >= 0.3 is 6.18 Å². The molecule has 0 aromatic carbocycles. The van der Waals surface area contributed by atoms with Crippen molar-refractivity contribution in [2.45, 2.75) is 26.1 Å². The smallest absolute Gasteiger partial charge is 0.406 e. The van der Waals surface area contributed by atoms with E-state index in [1.54, 1.807) is 15.9 Å². The monoisotopic (exact) mass is 361 g/mol. The molecule has 2 rings (SSSR count). The number of hydrogen-bond donors (Lipinski definition) is 0. The largest absolute Gasteiger partial charge is 0.467 e. The highest BCUT2D eigenvalue weighted by atomic mass is 19.4. The Bertz CT molecular complexity index is 575. The minimum Gasteiger partial charge on any atom is -0.467 e. The summed E-state index contributed by atoms with van der Waals surface area (Å²) in [6.45, 7) is 1.93. The van der Waals surface area contributed by atoms with Crippen molar-refractivity contribution in [1.82, 2.24) is 14.7 Å². The predicted octanol–water partition coefficient (Wildman–Crippen LogP) is 1.72. The predicted molar refractivity (Wildman–Crippen MR) is 83.5 cm³/mol. The second kappa shape index (κ2) is 8.37. The van der Waals surface area contributed by atoms with Crippen molar-refractivity contribution in [2.75, 3.05) is 39.3 Å². The van der Waals surface area contributed by atoms with E-state index in [0.29, 0.717) is 38.4 Å². The minimum absolute atomic E-state index is 0.0373. The van der Waals surface area contributed by atoms with E-state index in [2.05, 4.69) is 0 Å². The molecule has 6 nitrogen and oxygen atoms in total. The van der Waals surface area contributed by atoms with E-state index in [9.17, 15) is 22.8 Å². The van der Waals surface area contributed by atoms with Crippen LogP contribution in [0, 0.1) is 0 Å². The van der Waals surface area contributed by atoms with E-state index in [1.165, 1.54) is 19.3 Å². The summed E-state index contributed by atoms with van der Waals surface area (Å²) in [6, 6.07) is 3.10. The van der Waals surface area contributed by atoms with Gasteiger partial charge in [-0.25, -0.2) is 0 Å². The first-order chi connectivity index (χ1) is 11.7. The maximum Gasteiger partial charge on any atom is 0.406 e. The van der Waals surface area contributed by atoms with Crippen LogP contribution < -0.4 is 0 Å². The molecule has 1 saturated heterocycles. The molecule has 2 amide bonds. The fraction of sp³-hybridized carbons (Fsp3) is 0.625. The first-order valence-corrected chi connectivity index (χ1v) is 8.09. The Morgan fingerprint density at radius 2 is 2.00 bits per heavy atom. The molecule has 0 bridgehead atoms. The fourth-order valence-electron chi connectivity index (χ4n) is 2.77. The SMILES string of the molecule is CC(=O)N1CCCN(CC(=O)N(Cc2ccco2)CC(F)(F)F)CC1. The number of halogens is 3. The van der Waals surface area contributed by atoms with Gasteiger partial charge in [0.1, 0.15) is 12.3 Å². The van der Waals surface area contributed by atoms with Crippen LogP contribution in [0.25, 0.3) is 0 Å². The lowest BCUT2D eigenvalue weighted by atomic mass is 10.3. The number of furan rings is 1. The summed E-state index contributed by atoms with van der Waals surface area (Å²) < 4.78 is 43.4.